The second kappa shape index (κ2) is 7.98. The predicted molar refractivity (Wildman–Crippen MR) is 100.0 cm³/mol. The highest BCUT2D eigenvalue weighted by Gasteiger charge is 2.41. The van der Waals surface area contributed by atoms with Crippen LogP contribution in [0.2, 0.25) is 0 Å². The standard InChI is InChI=1S/C19H21NO6S/c1-13-4-7-15(8-5-13)27(21,22)19-18(25-11-20-19)16-9-6-14(24-3)10-17(16)26-12-23-2/h4-11,18-19H,12H2,1-3H3/t18-,19-/m1/s1. The third-order valence-corrected chi connectivity index (χ3v) is 6.14. The van der Waals surface area contributed by atoms with Gasteiger partial charge in [0.15, 0.2) is 24.7 Å². The second-order valence-corrected chi connectivity index (χ2v) is 8.06. The van der Waals surface area contributed by atoms with Gasteiger partial charge in [-0.3, -0.25) is 0 Å². The van der Waals surface area contributed by atoms with Gasteiger partial charge in [-0.05, 0) is 31.2 Å². The van der Waals surface area contributed by atoms with Crippen LogP contribution in [0.15, 0.2) is 52.4 Å². The van der Waals surface area contributed by atoms with Crippen LogP contribution in [0.1, 0.15) is 17.2 Å². The molecule has 2 aromatic carbocycles. The van der Waals surface area contributed by atoms with E-state index in [9.17, 15) is 8.42 Å². The number of aryl methyl sites for hydroxylation is 1. The number of benzene rings is 2. The molecule has 1 heterocycles. The van der Waals surface area contributed by atoms with Gasteiger partial charge in [-0.1, -0.05) is 17.7 Å². The summed E-state index contributed by atoms with van der Waals surface area (Å²) in [7, 11) is -0.710. The number of nitrogens with zero attached hydrogens (tertiary/aromatic N) is 1. The molecule has 0 aliphatic carbocycles. The van der Waals surface area contributed by atoms with Gasteiger partial charge in [-0.2, -0.15) is 0 Å². The molecule has 0 fully saturated rings. The Morgan fingerprint density at radius 3 is 2.52 bits per heavy atom. The van der Waals surface area contributed by atoms with E-state index in [4.69, 9.17) is 18.9 Å². The highest BCUT2D eigenvalue weighted by Crippen LogP contribution is 2.39. The third kappa shape index (κ3) is 3.91. The third-order valence-electron chi connectivity index (χ3n) is 4.20. The molecule has 0 aromatic heterocycles. The van der Waals surface area contributed by atoms with E-state index in [1.54, 1.807) is 42.5 Å². The van der Waals surface area contributed by atoms with Crippen LogP contribution >= 0.6 is 0 Å². The van der Waals surface area contributed by atoms with Crippen molar-refractivity contribution in [1.82, 2.24) is 0 Å². The normalized spacial score (nSPS) is 18.9. The summed E-state index contributed by atoms with van der Waals surface area (Å²) in [6.07, 6.45) is 0.333. The lowest BCUT2D eigenvalue weighted by Gasteiger charge is -2.21. The average molecular weight is 391 g/mol. The van der Waals surface area contributed by atoms with Crippen molar-refractivity contribution in [2.24, 2.45) is 4.99 Å². The largest absolute Gasteiger partial charge is 0.497 e. The number of hydrogen-bond donors (Lipinski definition) is 0. The van der Waals surface area contributed by atoms with Crippen molar-refractivity contribution in [2.45, 2.75) is 23.3 Å². The number of hydrogen-bond acceptors (Lipinski definition) is 7. The number of rotatable bonds is 7. The van der Waals surface area contributed by atoms with E-state index in [-0.39, 0.29) is 11.7 Å². The number of methoxy groups -OCH3 is 2. The lowest BCUT2D eigenvalue weighted by molar-refractivity contribution is 0.0486. The van der Waals surface area contributed by atoms with Crippen LogP contribution in [0, 0.1) is 6.92 Å². The maximum Gasteiger partial charge on any atom is 0.205 e. The van der Waals surface area contributed by atoms with E-state index in [1.807, 2.05) is 6.92 Å². The lowest BCUT2D eigenvalue weighted by atomic mass is 10.1. The summed E-state index contributed by atoms with van der Waals surface area (Å²) in [6, 6.07) is 11.7. The van der Waals surface area contributed by atoms with Crippen molar-refractivity contribution in [3.8, 4) is 11.5 Å². The maximum atomic E-state index is 13.1. The van der Waals surface area contributed by atoms with Crippen LogP contribution in [0.25, 0.3) is 0 Å². The van der Waals surface area contributed by atoms with E-state index < -0.39 is 21.3 Å². The molecule has 0 saturated heterocycles. The number of sulfone groups is 1. The van der Waals surface area contributed by atoms with Gasteiger partial charge in [0.1, 0.15) is 11.5 Å². The Labute approximate surface area is 158 Å². The molecule has 7 nitrogen and oxygen atoms in total. The Morgan fingerprint density at radius 2 is 1.85 bits per heavy atom. The van der Waals surface area contributed by atoms with Gasteiger partial charge in [0, 0.05) is 18.7 Å². The van der Waals surface area contributed by atoms with Gasteiger partial charge in [0.25, 0.3) is 0 Å². The first-order chi connectivity index (χ1) is 13.0. The van der Waals surface area contributed by atoms with Crippen molar-refractivity contribution in [3.63, 3.8) is 0 Å². The van der Waals surface area contributed by atoms with Crippen LogP contribution in [-0.2, 0) is 19.3 Å². The molecule has 3 rings (SSSR count). The summed E-state index contributed by atoms with van der Waals surface area (Å²) in [5.41, 5.74) is 1.52. The van der Waals surface area contributed by atoms with Crippen LogP contribution < -0.4 is 9.47 Å². The fraction of sp³-hybridized carbons (Fsp3) is 0.316. The molecule has 0 amide bonds. The van der Waals surface area contributed by atoms with E-state index >= 15 is 0 Å². The second-order valence-electron chi connectivity index (χ2n) is 6.01. The highest BCUT2D eigenvalue weighted by atomic mass is 32.2. The zero-order valence-electron chi connectivity index (χ0n) is 15.3. The Morgan fingerprint density at radius 1 is 1.11 bits per heavy atom. The molecule has 0 spiro atoms. The molecule has 0 bridgehead atoms. The average Bonchev–Trinajstić information content (AvgIpc) is 3.17. The first kappa shape index (κ1) is 19.2. The molecule has 1 aliphatic rings. The fourth-order valence-corrected chi connectivity index (χ4v) is 4.31. The molecule has 8 heteroatoms. The quantitative estimate of drug-likeness (QED) is 0.675. The lowest BCUT2D eigenvalue weighted by Crippen LogP contribution is -2.25. The number of ether oxygens (including phenoxy) is 4. The van der Waals surface area contributed by atoms with Crippen LogP contribution in [-0.4, -0.2) is 41.2 Å². The van der Waals surface area contributed by atoms with Crippen molar-refractivity contribution in [3.05, 3.63) is 53.6 Å². The number of aliphatic imine (C=N–C) groups is 1. The van der Waals surface area contributed by atoms with E-state index in [2.05, 4.69) is 4.99 Å². The van der Waals surface area contributed by atoms with Crippen LogP contribution in [0.4, 0.5) is 0 Å². The minimum Gasteiger partial charge on any atom is -0.497 e. The summed E-state index contributed by atoms with van der Waals surface area (Å²) in [5.74, 6) is 0.984. The first-order valence-corrected chi connectivity index (χ1v) is 9.79. The minimum atomic E-state index is -3.75. The molecule has 2 aromatic rings. The molecule has 1 aliphatic heterocycles. The van der Waals surface area contributed by atoms with Gasteiger partial charge in [0.2, 0.25) is 9.84 Å². The first-order valence-electron chi connectivity index (χ1n) is 8.24. The Balaban J connectivity index is 1.98. The molecule has 27 heavy (non-hydrogen) atoms. The predicted octanol–water partition coefficient (Wildman–Crippen LogP) is 2.89. The SMILES string of the molecule is COCOc1cc(OC)ccc1[C@H]1OC=N[C@@H]1S(=O)(=O)c1ccc(C)cc1. The van der Waals surface area contributed by atoms with Gasteiger partial charge < -0.3 is 18.9 Å². The van der Waals surface area contributed by atoms with E-state index in [1.165, 1.54) is 20.6 Å². The van der Waals surface area contributed by atoms with Gasteiger partial charge in [-0.15, -0.1) is 0 Å². The molecule has 0 saturated carbocycles. The van der Waals surface area contributed by atoms with Crippen LogP contribution in [0.3, 0.4) is 0 Å². The van der Waals surface area contributed by atoms with E-state index in [0.29, 0.717) is 17.1 Å². The fourth-order valence-electron chi connectivity index (χ4n) is 2.77. The Kier molecular flexibility index (Phi) is 5.67. The minimum absolute atomic E-state index is 0.00310. The van der Waals surface area contributed by atoms with Crippen molar-refractivity contribution < 1.29 is 27.4 Å². The Hall–Kier alpha value is -2.58. The van der Waals surface area contributed by atoms with Gasteiger partial charge in [0.05, 0.1) is 12.0 Å². The molecular weight excluding hydrogens is 370 g/mol. The van der Waals surface area contributed by atoms with Crippen molar-refractivity contribution >= 4 is 16.2 Å². The van der Waals surface area contributed by atoms with Gasteiger partial charge in [-0.25, -0.2) is 13.4 Å². The van der Waals surface area contributed by atoms with Crippen molar-refractivity contribution in [2.75, 3.05) is 21.0 Å². The summed E-state index contributed by atoms with van der Waals surface area (Å²) >= 11 is 0. The molecular formula is C19H21NO6S. The smallest absolute Gasteiger partial charge is 0.205 e. The highest BCUT2D eigenvalue weighted by molar-refractivity contribution is 7.92. The summed E-state index contributed by atoms with van der Waals surface area (Å²) in [6.45, 7) is 1.90. The summed E-state index contributed by atoms with van der Waals surface area (Å²) in [5, 5.41) is -1.11. The van der Waals surface area contributed by atoms with E-state index in [0.717, 1.165) is 5.56 Å². The molecule has 0 unspecified atom stereocenters. The van der Waals surface area contributed by atoms with Gasteiger partial charge >= 0.3 is 0 Å². The van der Waals surface area contributed by atoms with Crippen LogP contribution in [0.5, 0.6) is 11.5 Å². The zero-order valence-corrected chi connectivity index (χ0v) is 16.1. The zero-order chi connectivity index (χ0) is 19.4. The molecule has 0 N–H and O–H groups in total. The topological polar surface area (TPSA) is 83.4 Å². The Bertz CT molecular complexity index is 924. The monoisotopic (exact) mass is 391 g/mol. The maximum absolute atomic E-state index is 13.1. The molecule has 0 radical (unpaired) electrons. The molecule has 2 atom stereocenters. The van der Waals surface area contributed by atoms with Crippen molar-refractivity contribution in [1.29, 1.82) is 0 Å². The molecule has 144 valence electrons. The summed E-state index contributed by atoms with van der Waals surface area (Å²) < 4.78 is 47.5. The summed E-state index contributed by atoms with van der Waals surface area (Å²) in [4.78, 5) is 4.27.